The van der Waals surface area contributed by atoms with Crippen LogP contribution in [-0.2, 0) is 21.7 Å². The molecule has 21 heavy (non-hydrogen) atoms. The van der Waals surface area contributed by atoms with Gasteiger partial charge in [0.2, 0.25) is 5.79 Å². The second-order valence-corrected chi connectivity index (χ2v) is 6.58. The summed E-state index contributed by atoms with van der Waals surface area (Å²) in [5, 5.41) is 0.592. The molecule has 0 aliphatic carbocycles. The molecule has 0 atom stereocenters. The molecule has 116 valence electrons. The van der Waals surface area contributed by atoms with Crippen LogP contribution in [0.4, 0.5) is 0 Å². The van der Waals surface area contributed by atoms with Gasteiger partial charge in [-0.3, -0.25) is 0 Å². The number of hydrogen-bond acceptors (Lipinski definition) is 4. The summed E-state index contributed by atoms with van der Waals surface area (Å²) in [5.74, 6) is 0.913. The van der Waals surface area contributed by atoms with Crippen molar-refractivity contribution in [3.8, 4) is 11.5 Å². The fourth-order valence-corrected chi connectivity index (χ4v) is 3.58. The number of hydrogen-bond donors (Lipinski definition) is 0. The molecule has 0 radical (unpaired) electrons. The average molecular weight is 357 g/mol. The van der Waals surface area contributed by atoms with Crippen molar-refractivity contribution >= 4 is 15.9 Å². The topological polar surface area (TPSA) is 36.9 Å². The van der Waals surface area contributed by atoms with Crippen LogP contribution in [0.5, 0.6) is 11.5 Å². The van der Waals surface area contributed by atoms with Crippen molar-refractivity contribution in [2.45, 2.75) is 38.6 Å². The highest BCUT2D eigenvalue weighted by Gasteiger charge is 2.41. The van der Waals surface area contributed by atoms with Gasteiger partial charge in [0.15, 0.2) is 11.5 Å². The smallest absolute Gasteiger partial charge is 0.205 e. The third kappa shape index (κ3) is 2.67. The first kappa shape index (κ1) is 15.1. The Labute approximate surface area is 133 Å². The van der Waals surface area contributed by atoms with Crippen LogP contribution < -0.4 is 9.47 Å². The second kappa shape index (κ2) is 5.45. The number of ether oxygens (including phenoxy) is 4. The Bertz CT molecular complexity index is 535. The highest BCUT2D eigenvalue weighted by atomic mass is 79.9. The van der Waals surface area contributed by atoms with Gasteiger partial charge in [-0.05, 0) is 32.9 Å². The van der Waals surface area contributed by atoms with Gasteiger partial charge in [0.1, 0.15) is 5.60 Å². The lowest BCUT2D eigenvalue weighted by molar-refractivity contribution is -0.144. The maximum absolute atomic E-state index is 6.04. The molecule has 0 amide bonds. The summed E-state index contributed by atoms with van der Waals surface area (Å²) >= 11 is 3.51. The summed E-state index contributed by atoms with van der Waals surface area (Å²) in [6.07, 6.45) is 0.856. The molecule has 0 unspecified atom stereocenters. The van der Waals surface area contributed by atoms with Gasteiger partial charge in [-0.25, -0.2) is 0 Å². The predicted octanol–water partition coefficient (Wildman–Crippen LogP) is 3.39. The maximum atomic E-state index is 6.04. The Kier molecular flexibility index (Phi) is 3.93. The quantitative estimate of drug-likeness (QED) is 0.774. The number of halogens is 1. The standard InChI is InChI=1S/C16H21BrO4/c1-4-18-13-8-12(16(10-17)19-5-6-20-16)7-11-9-15(2,3)21-14(11)13/h7-8H,4-6,9-10H2,1-3H3. The van der Waals surface area contributed by atoms with Crippen LogP contribution in [0.2, 0.25) is 0 Å². The van der Waals surface area contributed by atoms with E-state index in [4.69, 9.17) is 18.9 Å². The molecule has 5 heteroatoms. The van der Waals surface area contributed by atoms with E-state index in [9.17, 15) is 0 Å². The third-order valence-electron chi connectivity index (χ3n) is 3.80. The van der Waals surface area contributed by atoms with E-state index >= 15 is 0 Å². The molecule has 0 spiro atoms. The SMILES string of the molecule is CCOc1cc(C2(CBr)OCCO2)cc2c1OC(C)(C)C2. The molecule has 0 aromatic heterocycles. The minimum atomic E-state index is -0.715. The van der Waals surface area contributed by atoms with E-state index in [0.29, 0.717) is 25.2 Å². The van der Waals surface area contributed by atoms with Crippen LogP contribution in [0, 0.1) is 0 Å². The van der Waals surface area contributed by atoms with Crippen molar-refractivity contribution in [1.29, 1.82) is 0 Å². The summed E-state index contributed by atoms with van der Waals surface area (Å²) in [4.78, 5) is 0. The molecule has 1 aromatic rings. The number of rotatable bonds is 4. The highest BCUT2D eigenvalue weighted by Crippen LogP contribution is 2.46. The van der Waals surface area contributed by atoms with Crippen LogP contribution in [0.1, 0.15) is 31.9 Å². The van der Waals surface area contributed by atoms with Crippen LogP contribution in [0.3, 0.4) is 0 Å². The van der Waals surface area contributed by atoms with Crippen molar-refractivity contribution in [1.82, 2.24) is 0 Å². The van der Waals surface area contributed by atoms with Gasteiger partial charge >= 0.3 is 0 Å². The number of alkyl halides is 1. The van der Waals surface area contributed by atoms with Gasteiger partial charge in [0.05, 0.1) is 25.2 Å². The Morgan fingerprint density at radius 2 is 1.95 bits per heavy atom. The number of benzene rings is 1. The predicted molar refractivity (Wildman–Crippen MR) is 83.4 cm³/mol. The van der Waals surface area contributed by atoms with E-state index < -0.39 is 5.79 Å². The summed E-state index contributed by atoms with van der Waals surface area (Å²) < 4.78 is 23.5. The van der Waals surface area contributed by atoms with Gasteiger partial charge in [-0.15, -0.1) is 0 Å². The average Bonchev–Trinajstić information content (AvgIpc) is 3.02. The van der Waals surface area contributed by atoms with Crippen LogP contribution in [0.25, 0.3) is 0 Å². The van der Waals surface area contributed by atoms with Gasteiger partial charge in [-0.1, -0.05) is 15.9 Å². The first-order chi connectivity index (χ1) is 10.00. The Morgan fingerprint density at radius 3 is 2.57 bits per heavy atom. The molecule has 2 heterocycles. The van der Waals surface area contributed by atoms with E-state index in [2.05, 4.69) is 35.8 Å². The molecule has 1 fully saturated rings. The minimum absolute atomic E-state index is 0.203. The van der Waals surface area contributed by atoms with Crippen LogP contribution in [-0.4, -0.2) is 30.8 Å². The van der Waals surface area contributed by atoms with Gasteiger partial charge in [0.25, 0.3) is 0 Å². The normalized spacial score (nSPS) is 21.9. The molecular weight excluding hydrogens is 336 g/mol. The molecule has 3 rings (SSSR count). The summed E-state index contributed by atoms with van der Waals surface area (Å²) in [6.45, 7) is 7.96. The van der Waals surface area contributed by atoms with Crippen LogP contribution >= 0.6 is 15.9 Å². The van der Waals surface area contributed by atoms with Crippen molar-refractivity contribution in [2.75, 3.05) is 25.2 Å². The van der Waals surface area contributed by atoms with Crippen molar-refractivity contribution in [2.24, 2.45) is 0 Å². The maximum Gasteiger partial charge on any atom is 0.205 e. The molecule has 0 saturated carbocycles. The lowest BCUT2D eigenvalue weighted by Crippen LogP contribution is -2.29. The lowest BCUT2D eigenvalue weighted by Gasteiger charge is -2.26. The molecule has 1 aromatic carbocycles. The van der Waals surface area contributed by atoms with E-state index in [-0.39, 0.29) is 5.60 Å². The fraction of sp³-hybridized carbons (Fsp3) is 0.625. The molecule has 0 bridgehead atoms. The molecule has 0 N–H and O–H groups in total. The van der Waals surface area contributed by atoms with Crippen molar-refractivity contribution in [3.05, 3.63) is 23.3 Å². The van der Waals surface area contributed by atoms with Crippen molar-refractivity contribution in [3.63, 3.8) is 0 Å². The first-order valence-corrected chi connectivity index (χ1v) is 8.45. The first-order valence-electron chi connectivity index (χ1n) is 7.33. The lowest BCUT2D eigenvalue weighted by atomic mass is 9.97. The molecule has 2 aliphatic rings. The van der Waals surface area contributed by atoms with Gasteiger partial charge in [-0.2, -0.15) is 0 Å². The summed E-state index contributed by atoms with van der Waals surface area (Å²) in [7, 11) is 0. The largest absolute Gasteiger partial charge is 0.490 e. The monoisotopic (exact) mass is 356 g/mol. The summed E-state index contributed by atoms with van der Waals surface area (Å²) in [6, 6.07) is 4.11. The summed E-state index contributed by atoms with van der Waals surface area (Å²) in [5.41, 5.74) is 1.94. The number of fused-ring (bicyclic) bond motifs is 1. The Morgan fingerprint density at radius 1 is 1.24 bits per heavy atom. The Balaban J connectivity index is 2.06. The second-order valence-electron chi connectivity index (χ2n) is 6.02. The molecule has 4 nitrogen and oxygen atoms in total. The Hall–Kier alpha value is -0.780. The fourth-order valence-electron chi connectivity index (χ4n) is 2.94. The van der Waals surface area contributed by atoms with E-state index in [1.54, 1.807) is 0 Å². The van der Waals surface area contributed by atoms with E-state index in [0.717, 1.165) is 29.0 Å². The zero-order valence-electron chi connectivity index (χ0n) is 12.7. The van der Waals surface area contributed by atoms with Gasteiger partial charge < -0.3 is 18.9 Å². The zero-order chi connectivity index (χ0) is 15.1. The molecule has 2 aliphatic heterocycles. The van der Waals surface area contributed by atoms with E-state index in [1.165, 1.54) is 0 Å². The third-order valence-corrected chi connectivity index (χ3v) is 4.53. The zero-order valence-corrected chi connectivity index (χ0v) is 14.3. The van der Waals surface area contributed by atoms with Gasteiger partial charge in [0, 0.05) is 17.5 Å². The van der Waals surface area contributed by atoms with E-state index in [1.807, 2.05) is 13.0 Å². The molecular formula is C16H21BrO4. The van der Waals surface area contributed by atoms with Crippen molar-refractivity contribution < 1.29 is 18.9 Å². The molecule has 1 saturated heterocycles. The minimum Gasteiger partial charge on any atom is -0.490 e. The van der Waals surface area contributed by atoms with Crippen LogP contribution in [0.15, 0.2) is 12.1 Å². The highest BCUT2D eigenvalue weighted by molar-refractivity contribution is 9.09.